The Morgan fingerprint density at radius 2 is 0.471 bits per heavy atom. The number of rotatable bonds is 31. The van der Waals surface area contributed by atoms with Crippen LogP contribution in [0.15, 0.2) is 0 Å². The Labute approximate surface area is 218 Å². The van der Waals surface area contributed by atoms with Crippen LogP contribution < -0.4 is 0 Å². The maximum Gasteiger partial charge on any atom is 0.0701 e. The minimum Gasteiger partial charge on any atom is -0.394 e. The molecule has 0 spiro atoms. The molecule has 206 valence electrons. The Morgan fingerprint density at radius 1 is 0.294 bits per heavy atom. The van der Waals surface area contributed by atoms with Crippen molar-refractivity contribution in [2.24, 2.45) is 0 Å². The summed E-state index contributed by atoms with van der Waals surface area (Å²) in [5, 5.41) is 8.55. The van der Waals surface area contributed by atoms with Gasteiger partial charge in [0.25, 0.3) is 0 Å². The average molecular weight is 612 g/mol. The molecule has 0 aliphatic carbocycles. The van der Waals surface area contributed by atoms with Crippen LogP contribution in [0.1, 0.15) is 0 Å². The minimum atomic E-state index is 0.0300. The van der Waals surface area contributed by atoms with Crippen molar-refractivity contribution in [3.05, 3.63) is 0 Å². The largest absolute Gasteiger partial charge is 0.394 e. The average Bonchev–Trinajstić information content (AvgIpc) is 2.85. The van der Waals surface area contributed by atoms with Crippen LogP contribution >= 0.6 is 22.6 Å². The monoisotopic (exact) mass is 612 g/mol. The fourth-order valence-corrected chi connectivity index (χ4v) is 2.51. The number of hydrogen-bond donors (Lipinski definition) is 1. The summed E-state index contributed by atoms with van der Waals surface area (Å²) >= 11 is 2.28. The third kappa shape index (κ3) is 32.3. The highest BCUT2D eigenvalue weighted by Crippen LogP contribution is 1.87. The summed E-state index contributed by atoms with van der Waals surface area (Å²) in [4.78, 5) is 0. The van der Waals surface area contributed by atoms with Gasteiger partial charge in [0.15, 0.2) is 0 Å². The van der Waals surface area contributed by atoms with E-state index in [2.05, 4.69) is 22.6 Å². The lowest BCUT2D eigenvalue weighted by Gasteiger charge is -2.09. The summed E-state index contributed by atoms with van der Waals surface area (Å²) in [5.74, 6) is 0. The normalized spacial score (nSPS) is 11.5. The summed E-state index contributed by atoms with van der Waals surface area (Å²) in [6.07, 6.45) is 0. The highest BCUT2D eigenvalue weighted by atomic mass is 127. The van der Waals surface area contributed by atoms with Crippen LogP contribution in [-0.2, 0) is 47.4 Å². The maximum atomic E-state index is 8.55. The molecule has 0 aromatic carbocycles. The molecule has 0 saturated carbocycles. The molecular formula is C22H45IO11. The van der Waals surface area contributed by atoms with Crippen molar-refractivity contribution in [3.8, 4) is 0 Å². The van der Waals surface area contributed by atoms with Gasteiger partial charge in [-0.15, -0.1) is 0 Å². The molecule has 12 heteroatoms. The van der Waals surface area contributed by atoms with Gasteiger partial charge in [-0.3, -0.25) is 0 Å². The predicted molar refractivity (Wildman–Crippen MR) is 134 cm³/mol. The SMILES string of the molecule is OCCOCCOCCOCCOCCOCCOCCOCCOCCOCCOCCI. The van der Waals surface area contributed by atoms with Crippen LogP contribution in [0.2, 0.25) is 0 Å². The molecule has 0 heterocycles. The van der Waals surface area contributed by atoms with Gasteiger partial charge in [-0.1, -0.05) is 22.6 Å². The lowest BCUT2D eigenvalue weighted by atomic mass is 10.6. The molecule has 0 fully saturated rings. The Morgan fingerprint density at radius 3 is 0.647 bits per heavy atom. The first-order valence-corrected chi connectivity index (χ1v) is 13.4. The van der Waals surface area contributed by atoms with Crippen molar-refractivity contribution in [1.29, 1.82) is 0 Å². The maximum absolute atomic E-state index is 8.55. The molecule has 0 atom stereocenters. The zero-order chi connectivity index (χ0) is 24.6. The lowest BCUT2D eigenvalue weighted by molar-refractivity contribution is -0.0266. The van der Waals surface area contributed by atoms with Crippen molar-refractivity contribution in [2.45, 2.75) is 0 Å². The van der Waals surface area contributed by atoms with Crippen LogP contribution in [0.25, 0.3) is 0 Å². The van der Waals surface area contributed by atoms with E-state index < -0.39 is 0 Å². The summed E-state index contributed by atoms with van der Waals surface area (Å²) in [6, 6.07) is 0. The van der Waals surface area contributed by atoms with Gasteiger partial charge in [0, 0.05) is 4.43 Å². The Balaban J connectivity index is 2.99. The topological polar surface area (TPSA) is 113 Å². The second-order valence-corrected chi connectivity index (χ2v) is 7.62. The van der Waals surface area contributed by atoms with Crippen LogP contribution in [-0.4, -0.2) is 148 Å². The van der Waals surface area contributed by atoms with Crippen LogP contribution in [0, 0.1) is 0 Å². The van der Waals surface area contributed by atoms with Gasteiger partial charge < -0.3 is 52.5 Å². The third-order valence-corrected chi connectivity index (χ3v) is 4.25. The molecule has 0 aromatic heterocycles. The van der Waals surface area contributed by atoms with E-state index >= 15 is 0 Å². The zero-order valence-corrected chi connectivity index (χ0v) is 22.6. The van der Waals surface area contributed by atoms with E-state index in [1.165, 1.54) is 0 Å². The van der Waals surface area contributed by atoms with Gasteiger partial charge in [-0.25, -0.2) is 0 Å². The van der Waals surface area contributed by atoms with E-state index in [0.29, 0.717) is 126 Å². The van der Waals surface area contributed by atoms with E-state index in [4.69, 9.17) is 52.5 Å². The number of alkyl halides is 1. The predicted octanol–water partition coefficient (Wildman–Crippen LogP) is 0.580. The molecule has 0 bridgehead atoms. The Bertz CT molecular complexity index is 325. The minimum absolute atomic E-state index is 0.0300. The summed E-state index contributed by atoms with van der Waals surface area (Å²) in [6.45, 7) is 10.7. The molecule has 0 saturated heterocycles. The molecule has 0 radical (unpaired) electrons. The zero-order valence-electron chi connectivity index (χ0n) is 20.5. The second-order valence-electron chi connectivity index (χ2n) is 6.54. The summed E-state index contributed by atoms with van der Waals surface area (Å²) in [5.41, 5.74) is 0. The number of hydrogen-bond acceptors (Lipinski definition) is 11. The van der Waals surface area contributed by atoms with Gasteiger partial charge >= 0.3 is 0 Å². The lowest BCUT2D eigenvalue weighted by Crippen LogP contribution is -2.15. The van der Waals surface area contributed by atoms with E-state index in [0.717, 1.165) is 11.0 Å². The molecule has 0 aliphatic heterocycles. The van der Waals surface area contributed by atoms with Crippen LogP contribution in [0.3, 0.4) is 0 Å². The summed E-state index contributed by atoms with van der Waals surface area (Å²) < 4.78 is 54.6. The summed E-state index contributed by atoms with van der Waals surface area (Å²) in [7, 11) is 0. The van der Waals surface area contributed by atoms with Gasteiger partial charge in [-0.05, 0) is 0 Å². The molecule has 0 amide bonds. The van der Waals surface area contributed by atoms with Crippen molar-refractivity contribution in [1.82, 2.24) is 0 Å². The van der Waals surface area contributed by atoms with Crippen molar-refractivity contribution in [3.63, 3.8) is 0 Å². The van der Waals surface area contributed by atoms with E-state index in [-0.39, 0.29) is 6.61 Å². The van der Waals surface area contributed by atoms with Gasteiger partial charge in [0.05, 0.1) is 139 Å². The standard InChI is InChI=1S/C22H45IO11/c23-1-3-25-5-7-27-9-11-29-13-15-31-17-19-33-21-22-34-20-18-32-16-14-30-12-10-28-8-6-26-4-2-24/h24H,1-22H2. The number of aliphatic hydroxyl groups is 1. The Hall–Kier alpha value is 0.290. The molecular weight excluding hydrogens is 567 g/mol. The highest BCUT2D eigenvalue weighted by molar-refractivity contribution is 14.1. The number of aliphatic hydroxyl groups excluding tert-OH is 1. The second kappa shape index (κ2) is 33.3. The smallest absolute Gasteiger partial charge is 0.0701 e. The molecule has 34 heavy (non-hydrogen) atoms. The van der Waals surface area contributed by atoms with E-state index in [1.807, 2.05) is 0 Å². The van der Waals surface area contributed by atoms with Gasteiger partial charge in [0.2, 0.25) is 0 Å². The molecule has 1 N–H and O–H groups in total. The van der Waals surface area contributed by atoms with Gasteiger partial charge in [-0.2, -0.15) is 0 Å². The number of ether oxygens (including phenoxy) is 10. The first-order valence-electron chi connectivity index (χ1n) is 11.9. The first kappa shape index (κ1) is 34.3. The van der Waals surface area contributed by atoms with Crippen molar-refractivity contribution in [2.75, 3.05) is 143 Å². The molecule has 0 aromatic rings. The third-order valence-electron chi connectivity index (χ3n) is 3.81. The fourth-order valence-electron chi connectivity index (χ4n) is 2.20. The van der Waals surface area contributed by atoms with Crippen LogP contribution in [0.5, 0.6) is 0 Å². The quantitative estimate of drug-likeness (QED) is 0.0675. The molecule has 0 rings (SSSR count). The molecule has 0 unspecified atom stereocenters. The highest BCUT2D eigenvalue weighted by Gasteiger charge is 1.95. The Kier molecular flexibility index (Phi) is 33.6. The number of halogens is 1. The van der Waals surface area contributed by atoms with Gasteiger partial charge in [0.1, 0.15) is 0 Å². The van der Waals surface area contributed by atoms with Crippen molar-refractivity contribution >= 4 is 22.6 Å². The van der Waals surface area contributed by atoms with Crippen LogP contribution in [0.4, 0.5) is 0 Å². The molecule has 0 aliphatic rings. The van der Waals surface area contributed by atoms with E-state index in [9.17, 15) is 0 Å². The molecule has 11 nitrogen and oxygen atoms in total. The van der Waals surface area contributed by atoms with E-state index in [1.54, 1.807) is 0 Å². The fraction of sp³-hybridized carbons (Fsp3) is 1.00. The first-order chi connectivity index (χ1) is 16.9. The van der Waals surface area contributed by atoms with Crippen molar-refractivity contribution < 1.29 is 52.5 Å².